The molecule has 7 heteroatoms. The second-order valence-electron chi connectivity index (χ2n) is 6.39. The lowest BCUT2D eigenvalue weighted by Gasteiger charge is -2.14. The van der Waals surface area contributed by atoms with Gasteiger partial charge in [-0.05, 0) is 43.2 Å². The molecule has 0 atom stereocenters. The van der Waals surface area contributed by atoms with Crippen LogP contribution in [0, 0.1) is 0 Å². The van der Waals surface area contributed by atoms with Crippen molar-refractivity contribution < 1.29 is 14.1 Å². The Kier molecular flexibility index (Phi) is 5.80. The first-order valence-corrected chi connectivity index (χ1v) is 8.97. The Morgan fingerprint density at radius 1 is 1.26 bits per heavy atom. The third-order valence-electron chi connectivity index (χ3n) is 3.99. The van der Waals surface area contributed by atoms with Crippen molar-refractivity contribution in [1.82, 2.24) is 15.0 Å². The maximum Gasteiger partial charge on any atom is 0.319 e. The smallest absolute Gasteiger partial charge is 0.319 e. The minimum absolute atomic E-state index is 0.271. The Labute approximate surface area is 158 Å². The molecule has 7 nitrogen and oxygen atoms in total. The van der Waals surface area contributed by atoms with Crippen LogP contribution in [0.2, 0.25) is 0 Å². The fourth-order valence-electron chi connectivity index (χ4n) is 2.60. The van der Waals surface area contributed by atoms with E-state index in [1.807, 2.05) is 74.1 Å². The zero-order valence-electron chi connectivity index (χ0n) is 15.7. The lowest BCUT2D eigenvalue weighted by atomic mass is 10.1. The molecule has 0 fully saturated rings. The molecule has 142 valence electrons. The summed E-state index contributed by atoms with van der Waals surface area (Å²) in [5.74, 6) is 1.66. The number of nitrogens with one attached hydrogen (secondary N) is 2. The first-order chi connectivity index (χ1) is 13.1. The Bertz CT molecular complexity index is 885. The van der Waals surface area contributed by atoms with Gasteiger partial charge in [-0.15, -0.1) is 0 Å². The number of benzene rings is 1. The Hall–Kier alpha value is -3.22. The summed E-state index contributed by atoms with van der Waals surface area (Å²) in [6.45, 7) is 6.85. The fourth-order valence-corrected chi connectivity index (χ4v) is 2.60. The van der Waals surface area contributed by atoms with Crippen molar-refractivity contribution in [3.05, 3.63) is 60.2 Å². The lowest BCUT2D eigenvalue weighted by molar-refractivity contribution is 0.250. The second kappa shape index (κ2) is 8.44. The van der Waals surface area contributed by atoms with Gasteiger partial charge in [-0.25, -0.2) is 4.79 Å². The highest BCUT2D eigenvalue weighted by molar-refractivity contribution is 5.89. The highest BCUT2D eigenvalue weighted by Gasteiger charge is 2.11. The number of hydrogen-bond donors (Lipinski definition) is 2. The summed E-state index contributed by atoms with van der Waals surface area (Å²) in [6.07, 6.45) is 3.86. The summed E-state index contributed by atoms with van der Waals surface area (Å²) in [6, 6.07) is 10.9. The average Bonchev–Trinajstić information content (AvgIpc) is 3.33. The van der Waals surface area contributed by atoms with E-state index in [1.165, 1.54) is 0 Å². The normalized spacial score (nSPS) is 10.8. The van der Waals surface area contributed by atoms with Crippen LogP contribution in [-0.4, -0.2) is 22.4 Å². The van der Waals surface area contributed by atoms with E-state index in [2.05, 4.69) is 15.8 Å². The van der Waals surface area contributed by atoms with Crippen LogP contribution >= 0.6 is 0 Å². The van der Waals surface area contributed by atoms with E-state index in [0.29, 0.717) is 18.1 Å². The number of ether oxygens (including phenoxy) is 1. The van der Waals surface area contributed by atoms with E-state index in [0.717, 1.165) is 17.1 Å². The Balaban J connectivity index is 1.65. The van der Waals surface area contributed by atoms with Gasteiger partial charge >= 0.3 is 6.03 Å². The highest BCUT2D eigenvalue weighted by Crippen LogP contribution is 2.27. The van der Waals surface area contributed by atoms with Gasteiger partial charge in [0.2, 0.25) is 0 Å². The van der Waals surface area contributed by atoms with E-state index in [-0.39, 0.29) is 18.5 Å². The minimum Gasteiger partial charge on any atom is -0.492 e. The summed E-state index contributed by atoms with van der Waals surface area (Å²) in [4.78, 5) is 12.2. The SMILES string of the molecule is CCOc1ccc(NC(=O)NCc2cc(C(C)C)no2)cc1-n1cccc1. The number of rotatable bonds is 7. The van der Waals surface area contributed by atoms with E-state index >= 15 is 0 Å². The molecular formula is C20H24N4O3. The van der Waals surface area contributed by atoms with E-state index in [1.54, 1.807) is 0 Å². The number of hydrogen-bond acceptors (Lipinski definition) is 4. The molecule has 3 rings (SSSR count). The van der Waals surface area contributed by atoms with E-state index < -0.39 is 0 Å². The first-order valence-electron chi connectivity index (χ1n) is 8.97. The van der Waals surface area contributed by atoms with Crippen LogP contribution in [0.4, 0.5) is 10.5 Å². The maximum atomic E-state index is 12.2. The van der Waals surface area contributed by atoms with Crippen molar-refractivity contribution in [3.8, 4) is 11.4 Å². The highest BCUT2D eigenvalue weighted by atomic mass is 16.5. The number of carbonyl (C=O) groups is 1. The molecule has 0 bridgehead atoms. The van der Waals surface area contributed by atoms with E-state index in [4.69, 9.17) is 9.26 Å². The molecule has 1 aromatic carbocycles. The average molecular weight is 368 g/mol. The molecule has 2 N–H and O–H groups in total. The molecule has 0 aliphatic heterocycles. The Morgan fingerprint density at radius 3 is 2.70 bits per heavy atom. The van der Waals surface area contributed by atoms with Crippen molar-refractivity contribution in [1.29, 1.82) is 0 Å². The lowest BCUT2D eigenvalue weighted by Crippen LogP contribution is -2.28. The summed E-state index contributed by atoms with van der Waals surface area (Å²) in [5, 5.41) is 9.59. The van der Waals surface area contributed by atoms with Gasteiger partial charge in [-0.3, -0.25) is 0 Å². The standard InChI is InChI=1S/C20H24N4O3/c1-4-26-19-8-7-15(11-18(19)24-9-5-6-10-24)22-20(25)21-13-16-12-17(14(2)3)23-27-16/h5-12,14H,4,13H2,1-3H3,(H2,21,22,25). The van der Waals surface area contributed by atoms with Crippen molar-refractivity contribution in [2.24, 2.45) is 0 Å². The zero-order chi connectivity index (χ0) is 19.2. The van der Waals surface area contributed by atoms with Gasteiger partial charge in [0.1, 0.15) is 5.75 Å². The van der Waals surface area contributed by atoms with Crippen LogP contribution < -0.4 is 15.4 Å². The maximum absolute atomic E-state index is 12.2. The van der Waals surface area contributed by atoms with Crippen LogP contribution in [0.15, 0.2) is 53.3 Å². The fraction of sp³-hybridized carbons (Fsp3) is 0.300. The van der Waals surface area contributed by atoms with Crippen molar-refractivity contribution in [2.75, 3.05) is 11.9 Å². The molecule has 0 aliphatic carbocycles. The molecule has 3 aromatic rings. The number of aromatic nitrogens is 2. The molecule has 0 radical (unpaired) electrons. The second-order valence-corrected chi connectivity index (χ2v) is 6.39. The molecule has 0 unspecified atom stereocenters. The van der Waals surface area contributed by atoms with Gasteiger partial charge in [0.15, 0.2) is 5.76 Å². The number of amides is 2. The summed E-state index contributed by atoms with van der Waals surface area (Å²) in [7, 11) is 0. The van der Waals surface area contributed by atoms with Crippen LogP contribution in [0.1, 0.15) is 38.1 Å². The molecular weight excluding hydrogens is 344 g/mol. The molecule has 0 saturated carbocycles. The predicted octanol–water partition coefficient (Wildman–Crippen LogP) is 4.31. The number of nitrogens with zero attached hydrogens (tertiary/aromatic N) is 2. The monoisotopic (exact) mass is 368 g/mol. The molecule has 0 saturated heterocycles. The van der Waals surface area contributed by atoms with Gasteiger partial charge in [0.05, 0.1) is 24.5 Å². The summed E-state index contributed by atoms with van der Waals surface area (Å²) < 4.78 is 12.8. The van der Waals surface area contributed by atoms with Crippen LogP contribution in [0.5, 0.6) is 5.75 Å². The molecule has 2 heterocycles. The zero-order valence-corrected chi connectivity index (χ0v) is 15.7. The van der Waals surface area contributed by atoms with Gasteiger partial charge in [-0.2, -0.15) is 0 Å². The van der Waals surface area contributed by atoms with Gasteiger partial charge in [-0.1, -0.05) is 19.0 Å². The molecule has 2 amide bonds. The summed E-state index contributed by atoms with van der Waals surface area (Å²) >= 11 is 0. The van der Waals surface area contributed by atoms with Crippen LogP contribution in [-0.2, 0) is 6.54 Å². The number of carbonyl (C=O) groups excluding carboxylic acids is 1. The van der Waals surface area contributed by atoms with Crippen LogP contribution in [0.25, 0.3) is 5.69 Å². The molecule has 27 heavy (non-hydrogen) atoms. The molecule has 0 aliphatic rings. The number of anilines is 1. The van der Waals surface area contributed by atoms with Crippen molar-refractivity contribution in [2.45, 2.75) is 33.2 Å². The molecule has 0 spiro atoms. The first kappa shape index (κ1) is 18.6. The minimum atomic E-state index is -0.319. The quantitative estimate of drug-likeness (QED) is 0.651. The predicted molar refractivity (Wildman–Crippen MR) is 103 cm³/mol. The van der Waals surface area contributed by atoms with Crippen molar-refractivity contribution >= 4 is 11.7 Å². The van der Waals surface area contributed by atoms with Crippen LogP contribution in [0.3, 0.4) is 0 Å². The molecule has 2 aromatic heterocycles. The third-order valence-corrected chi connectivity index (χ3v) is 3.99. The number of urea groups is 1. The van der Waals surface area contributed by atoms with Gasteiger partial charge < -0.3 is 24.5 Å². The van der Waals surface area contributed by atoms with Crippen molar-refractivity contribution in [3.63, 3.8) is 0 Å². The summed E-state index contributed by atoms with van der Waals surface area (Å²) in [5.41, 5.74) is 2.40. The Morgan fingerprint density at radius 2 is 2.04 bits per heavy atom. The topological polar surface area (TPSA) is 81.3 Å². The largest absolute Gasteiger partial charge is 0.492 e. The van der Waals surface area contributed by atoms with Gasteiger partial charge in [0.25, 0.3) is 0 Å². The van der Waals surface area contributed by atoms with Gasteiger partial charge in [0, 0.05) is 24.1 Å². The third kappa shape index (κ3) is 4.69. The van der Waals surface area contributed by atoms with E-state index in [9.17, 15) is 4.79 Å².